The molecule has 0 aliphatic carbocycles. The van der Waals surface area contributed by atoms with Crippen molar-refractivity contribution in [3.63, 3.8) is 0 Å². The average molecular weight is 337 g/mol. The fraction of sp³-hybridized carbons (Fsp3) is 0.375. The number of carbonyl (C=O) groups excluding carboxylic acids is 1. The minimum Gasteiger partial charge on any atom is -0.493 e. The van der Waals surface area contributed by atoms with Crippen molar-refractivity contribution >= 4 is 29.3 Å². The summed E-state index contributed by atoms with van der Waals surface area (Å²) in [6.45, 7) is 5.92. The van der Waals surface area contributed by atoms with Crippen molar-refractivity contribution < 1.29 is 14.3 Å². The van der Waals surface area contributed by atoms with Gasteiger partial charge >= 0.3 is 0 Å². The van der Waals surface area contributed by atoms with Gasteiger partial charge < -0.3 is 14.8 Å². The molecule has 0 fully saturated rings. The molecule has 0 bridgehead atoms. The summed E-state index contributed by atoms with van der Waals surface area (Å²) < 4.78 is 10.4. The molecule has 0 heterocycles. The number of thiocarbonyl (C=S) groups is 1. The van der Waals surface area contributed by atoms with E-state index < -0.39 is 0 Å². The molecule has 1 rings (SSSR count). The van der Waals surface area contributed by atoms with Crippen molar-refractivity contribution in [2.24, 2.45) is 0 Å². The number of hydrogen-bond acceptors (Lipinski definition) is 4. The largest absolute Gasteiger partial charge is 0.493 e. The molecule has 0 saturated heterocycles. The van der Waals surface area contributed by atoms with Gasteiger partial charge in [0.1, 0.15) is 0 Å². The van der Waals surface area contributed by atoms with E-state index in [0.717, 1.165) is 5.56 Å². The standard InChI is InChI=1S/C16H23N3O3S/c1-16(2,3)17-15(23)19-18-14(20)9-7-11-6-8-12(21-4)13(10-11)22-5/h6-10H,1-5H3,(H,18,20)(H2,17,19,23)/b9-7+. The predicted molar refractivity (Wildman–Crippen MR) is 95.3 cm³/mol. The zero-order valence-corrected chi connectivity index (χ0v) is 14.8. The van der Waals surface area contributed by atoms with E-state index in [0.29, 0.717) is 16.6 Å². The van der Waals surface area contributed by atoms with Crippen molar-refractivity contribution in [1.82, 2.24) is 16.2 Å². The summed E-state index contributed by atoms with van der Waals surface area (Å²) in [6, 6.07) is 5.38. The Morgan fingerprint density at radius 1 is 1.13 bits per heavy atom. The molecule has 6 nitrogen and oxygen atoms in total. The summed E-state index contributed by atoms with van der Waals surface area (Å²) >= 11 is 5.07. The van der Waals surface area contributed by atoms with Crippen LogP contribution in [0.5, 0.6) is 11.5 Å². The van der Waals surface area contributed by atoms with Crippen LogP contribution in [0.3, 0.4) is 0 Å². The summed E-state index contributed by atoms with van der Waals surface area (Å²) in [5, 5.41) is 3.38. The van der Waals surface area contributed by atoms with Crippen LogP contribution >= 0.6 is 12.2 Å². The van der Waals surface area contributed by atoms with Gasteiger partial charge in [0.25, 0.3) is 5.91 Å². The molecule has 0 atom stereocenters. The first-order valence-electron chi connectivity index (χ1n) is 7.03. The van der Waals surface area contributed by atoms with Crippen molar-refractivity contribution in [3.05, 3.63) is 29.8 Å². The van der Waals surface area contributed by atoms with E-state index in [2.05, 4.69) is 16.2 Å². The fourth-order valence-corrected chi connectivity index (χ4v) is 2.02. The molecule has 0 unspecified atom stereocenters. The molecule has 1 amide bonds. The highest BCUT2D eigenvalue weighted by Gasteiger charge is 2.10. The number of carbonyl (C=O) groups is 1. The van der Waals surface area contributed by atoms with Crippen LogP contribution in [0.15, 0.2) is 24.3 Å². The van der Waals surface area contributed by atoms with E-state index >= 15 is 0 Å². The van der Waals surface area contributed by atoms with Crippen molar-refractivity contribution in [2.45, 2.75) is 26.3 Å². The highest BCUT2D eigenvalue weighted by atomic mass is 32.1. The molecule has 126 valence electrons. The summed E-state index contributed by atoms with van der Waals surface area (Å²) in [7, 11) is 3.13. The van der Waals surface area contributed by atoms with Gasteiger partial charge in [0.2, 0.25) is 0 Å². The third-order valence-electron chi connectivity index (χ3n) is 2.62. The van der Waals surface area contributed by atoms with Crippen LogP contribution in [0.2, 0.25) is 0 Å². The van der Waals surface area contributed by atoms with Crippen LogP contribution in [0.1, 0.15) is 26.3 Å². The maximum atomic E-state index is 11.8. The van der Waals surface area contributed by atoms with Crippen LogP contribution in [0.4, 0.5) is 0 Å². The first-order chi connectivity index (χ1) is 10.7. The fourth-order valence-electron chi connectivity index (χ4n) is 1.66. The van der Waals surface area contributed by atoms with Crippen LogP contribution in [-0.2, 0) is 4.79 Å². The first-order valence-corrected chi connectivity index (χ1v) is 7.44. The van der Waals surface area contributed by atoms with Crippen LogP contribution in [-0.4, -0.2) is 30.8 Å². The third-order valence-corrected chi connectivity index (χ3v) is 2.83. The number of nitrogens with one attached hydrogen (secondary N) is 3. The Kier molecular flexibility index (Phi) is 6.84. The van der Waals surface area contributed by atoms with Gasteiger partial charge in [-0.2, -0.15) is 0 Å². The van der Waals surface area contributed by atoms with E-state index in [1.54, 1.807) is 32.4 Å². The van der Waals surface area contributed by atoms with Gasteiger partial charge in [-0.15, -0.1) is 0 Å². The number of methoxy groups -OCH3 is 2. The highest BCUT2D eigenvalue weighted by molar-refractivity contribution is 7.80. The van der Waals surface area contributed by atoms with Crippen molar-refractivity contribution in [2.75, 3.05) is 14.2 Å². The Bertz CT molecular complexity index is 595. The number of amides is 1. The second kappa shape index (κ2) is 8.38. The summed E-state index contributed by atoms with van der Waals surface area (Å²) in [5.74, 6) is 0.913. The molecule has 0 aromatic heterocycles. The second-order valence-electron chi connectivity index (χ2n) is 5.77. The molecular formula is C16H23N3O3S. The van der Waals surface area contributed by atoms with Gasteiger partial charge in [-0.25, -0.2) is 0 Å². The maximum Gasteiger partial charge on any atom is 0.262 e. The Balaban J connectivity index is 2.57. The number of hydrazine groups is 1. The molecule has 3 N–H and O–H groups in total. The molecule has 0 radical (unpaired) electrons. The Morgan fingerprint density at radius 3 is 2.35 bits per heavy atom. The van der Waals surface area contributed by atoms with Gasteiger partial charge in [0.15, 0.2) is 16.6 Å². The molecule has 1 aromatic rings. The molecule has 0 aliphatic rings. The van der Waals surface area contributed by atoms with E-state index in [4.69, 9.17) is 21.7 Å². The van der Waals surface area contributed by atoms with Crippen LogP contribution < -0.4 is 25.6 Å². The number of hydrogen-bond donors (Lipinski definition) is 3. The van der Waals surface area contributed by atoms with E-state index in [-0.39, 0.29) is 11.4 Å². The lowest BCUT2D eigenvalue weighted by Gasteiger charge is -2.22. The van der Waals surface area contributed by atoms with Crippen molar-refractivity contribution in [3.8, 4) is 11.5 Å². The summed E-state index contributed by atoms with van der Waals surface area (Å²) in [6.07, 6.45) is 3.06. The summed E-state index contributed by atoms with van der Waals surface area (Å²) in [4.78, 5) is 11.8. The zero-order chi connectivity index (χ0) is 17.5. The quantitative estimate of drug-likeness (QED) is 0.443. The lowest BCUT2D eigenvalue weighted by atomic mass is 10.1. The Morgan fingerprint density at radius 2 is 1.78 bits per heavy atom. The van der Waals surface area contributed by atoms with E-state index in [1.165, 1.54) is 6.08 Å². The van der Waals surface area contributed by atoms with Gasteiger partial charge in [0, 0.05) is 11.6 Å². The minimum atomic E-state index is -0.321. The lowest BCUT2D eigenvalue weighted by Crippen LogP contribution is -2.51. The molecule has 1 aromatic carbocycles. The molecule has 7 heteroatoms. The number of ether oxygens (including phenoxy) is 2. The zero-order valence-electron chi connectivity index (χ0n) is 14.0. The monoisotopic (exact) mass is 337 g/mol. The normalized spacial score (nSPS) is 11.0. The third kappa shape index (κ3) is 7.01. The predicted octanol–water partition coefficient (Wildman–Crippen LogP) is 2.01. The minimum absolute atomic E-state index is 0.176. The molecule has 0 saturated carbocycles. The van der Waals surface area contributed by atoms with Crippen LogP contribution in [0, 0.1) is 0 Å². The van der Waals surface area contributed by atoms with E-state index in [1.807, 2.05) is 26.8 Å². The smallest absolute Gasteiger partial charge is 0.262 e. The average Bonchev–Trinajstić information content (AvgIpc) is 2.48. The van der Waals surface area contributed by atoms with Gasteiger partial charge in [0.05, 0.1) is 14.2 Å². The number of rotatable bonds is 4. The van der Waals surface area contributed by atoms with Gasteiger partial charge in [-0.05, 0) is 56.8 Å². The van der Waals surface area contributed by atoms with E-state index in [9.17, 15) is 4.79 Å². The molecule has 23 heavy (non-hydrogen) atoms. The maximum absolute atomic E-state index is 11.8. The highest BCUT2D eigenvalue weighted by Crippen LogP contribution is 2.27. The van der Waals surface area contributed by atoms with Gasteiger partial charge in [-0.3, -0.25) is 15.6 Å². The number of benzene rings is 1. The van der Waals surface area contributed by atoms with Crippen LogP contribution in [0.25, 0.3) is 6.08 Å². The summed E-state index contributed by atoms with van der Waals surface area (Å²) in [5.41, 5.74) is 5.77. The van der Waals surface area contributed by atoms with Crippen molar-refractivity contribution in [1.29, 1.82) is 0 Å². The second-order valence-corrected chi connectivity index (χ2v) is 6.17. The molecule has 0 spiro atoms. The van der Waals surface area contributed by atoms with Gasteiger partial charge in [-0.1, -0.05) is 6.07 Å². The first kappa shape index (κ1) is 18.8. The Hall–Kier alpha value is -2.28. The Labute approximate surface area is 142 Å². The lowest BCUT2D eigenvalue weighted by molar-refractivity contribution is -0.117. The topological polar surface area (TPSA) is 71.6 Å². The molecular weight excluding hydrogens is 314 g/mol. The molecule has 0 aliphatic heterocycles. The SMILES string of the molecule is COc1ccc(/C=C/C(=O)NNC(=S)NC(C)(C)C)cc1OC.